The second-order valence-corrected chi connectivity index (χ2v) is 5.10. The van der Waals surface area contributed by atoms with E-state index in [2.05, 4.69) is 28.8 Å². The van der Waals surface area contributed by atoms with Gasteiger partial charge in [0.15, 0.2) is 0 Å². The number of nitrogens with zero attached hydrogens (tertiary/aromatic N) is 4. The molecule has 4 heteroatoms. The van der Waals surface area contributed by atoms with Crippen molar-refractivity contribution >= 4 is 0 Å². The van der Waals surface area contributed by atoms with Crippen LogP contribution in [-0.2, 0) is 0 Å². The molecule has 0 aromatic rings. The lowest BCUT2D eigenvalue weighted by Gasteiger charge is -2.46. The van der Waals surface area contributed by atoms with Gasteiger partial charge < -0.3 is 0 Å². The zero-order valence-corrected chi connectivity index (χ0v) is 8.98. The van der Waals surface area contributed by atoms with Gasteiger partial charge in [-0.2, -0.15) is 0 Å². The van der Waals surface area contributed by atoms with Crippen molar-refractivity contribution in [3.63, 3.8) is 0 Å². The molecule has 0 spiro atoms. The van der Waals surface area contributed by atoms with Gasteiger partial charge in [0.05, 0.1) is 0 Å². The summed E-state index contributed by atoms with van der Waals surface area (Å²) in [5.74, 6) is 0. The van der Waals surface area contributed by atoms with Crippen LogP contribution in [-0.4, -0.2) is 29.1 Å². The van der Waals surface area contributed by atoms with Gasteiger partial charge in [-0.05, 0) is 51.6 Å². The number of rotatable bonds is 1. The molecular weight excluding hydrogens is 176 g/mol. The van der Waals surface area contributed by atoms with E-state index in [0.29, 0.717) is 6.04 Å². The fraction of sp³-hybridized carbons (Fsp3) is 1.00. The molecule has 4 nitrogen and oxygen atoms in total. The van der Waals surface area contributed by atoms with E-state index < -0.39 is 0 Å². The minimum atomic E-state index is 0.217. The van der Waals surface area contributed by atoms with Crippen molar-refractivity contribution < 1.29 is 0 Å². The highest BCUT2D eigenvalue weighted by atomic mass is 15.3. The summed E-state index contributed by atoms with van der Waals surface area (Å²) in [6, 6.07) is 0.878. The highest BCUT2D eigenvalue weighted by Crippen LogP contribution is 2.38. The molecule has 2 unspecified atom stereocenters. The van der Waals surface area contributed by atoms with E-state index >= 15 is 0 Å². The van der Waals surface area contributed by atoms with E-state index in [0.717, 1.165) is 12.8 Å². The molecule has 2 atom stereocenters. The van der Waals surface area contributed by atoms with Crippen LogP contribution in [0.3, 0.4) is 0 Å². The summed E-state index contributed by atoms with van der Waals surface area (Å²) in [5.41, 5.74) is 8.69. The average Bonchev–Trinajstić information content (AvgIpc) is 2.52. The van der Waals surface area contributed by atoms with Crippen LogP contribution < -0.4 is 0 Å². The number of hydrogen-bond donors (Lipinski definition) is 0. The summed E-state index contributed by atoms with van der Waals surface area (Å²) in [7, 11) is 0. The lowest BCUT2D eigenvalue weighted by atomic mass is 9.84. The largest absolute Gasteiger partial charge is 0.295 e. The summed E-state index contributed by atoms with van der Waals surface area (Å²) < 4.78 is 0. The molecule has 0 aromatic heterocycles. The van der Waals surface area contributed by atoms with Gasteiger partial charge in [0.1, 0.15) is 0 Å². The molecule has 2 heterocycles. The van der Waals surface area contributed by atoms with Gasteiger partial charge in [0.25, 0.3) is 0 Å². The van der Waals surface area contributed by atoms with Crippen molar-refractivity contribution in [2.24, 2.45) is 5.11 Å². The SMILES string of the molecule is CC1(C)CC(N=[N+]=[N-])CC2CCCN21. The third-order valence-corrected chi connectivity index (χ3v) is 3.65. The maximum absolute atomic E-state index is 8.47. The molecule has 2 rings (SSSR count). The number of piperidine rings is 1. The predicted molar refractivity (Wildman–Crippen MR) is 56.0 cm³/mol. The van der Waals surface area contributed by atoms with Crippen LogP contribution in [0.4, 0.5) is 0 Å². The highest BCUT2D eigenvalue weighted by molar-refractivity contribution is 5.00. The molecule has 0 aromatic carbocycles. The Kier molecular flexibility index (Phi) is 2.41. The lowest BCUT2D eigenvalue weighted by Crippen LogP contribution is -2.53. The third kappa shape index (κ3) is 1.60. The summed E-state index contributed by atoms with van der Waals surface area (Å²) in [6.07, 6.45) is 4.65. The first-order chi connectivity index (χ1) is 6.63. The topological polar surface area (TPSA) is 52.0 Å². The molecule has 2 fully saturated rings. The summed E-state index contributed by atoms with van der Waals surface area (Å²) in [4.78, 5) is 5.54. The Morgan fingerprint density at radius 2 is 2.29 bits per heavy atom. The molecule has 0 bridgehead atoms. The minimum absolute atomic E-state index is 0.217. The van der Waals surface area contributed by atoms with Crippen LogP contribution in [0.1, 0.15) is 39.5 Å². The third-order valence-electron chi connectivity index (χ3n) is 3.65. The van der Waals surface area contributed by atoms with Crippen LogP contribution in [0.15, 0.2) is 5.11 Å². The van der Waals surface area contributed by atoms with Crippen LogP contribution in [0, 0.1) is 0 Å². The van der Waals surface area contributed by atoms with Gasteiger partial charge in [0.2, 0.25) is 0 Å². The van der Waals surface area contributed by atoms with Crippen LogP contribution in [0.5, 0.6) is 0 Å². The second-order valence-electron chi connectivity index (χ2n) is 5.10. The van der Waals surface area contributed by atoms with Gasteiger partial charge in [-0.25, -0.2) is 0 Å². The number of hydrogen-bond acceptors (Lipinski definition) is 2. The van der Waals surface area contributed by atoms with Crippen molar-refractivity contribution in [3.05, 3.63) is 10.4 Å². The Hall–Kier alpha value is -0.730. The highest BCUT2D eigenvalue weighted by Gasteiger charge is 2.42. The zero-order valence-electron chi connectivity index (χ0n) is 8.98. The minimum Gasteiger partial charge on any atom is -0.295 e. The van der Waals surface area contributed by atoms with Crippen LogP contribution >= 0.6 is 0 Å². The predicted octanol–water partition coefficient (Wildman–Crippen LogP) is 2.70. The normalized spacial score (nSPS) is 36.1. The van der Waals surface area contributed by atoms with Crippen LogP contribution in [0.25, 0.3) is 10.4 Å². The van der Waals surface area contributed by atoms with E-state index in [-0.39, 0.29) is 11.6 Å². The van der Waals surface area contributed by atoms with Gasteiger partial charge >= 0.3 is 0 Å². The summed E-state index contributed by atoms with van der Waals surface area (Å²) >= 11 is 0. The van der Waals surface area contributed by atoms with Crippen molar-refractivity contribution in [2.45, 2.75) is 57.2 Å². The molecule has 0 radical (unpaired) electrons. The Bertz CT molecular complexity index is 267. The fourth-order valence-corrected chi connectivity index (χ4v) is 3.13. The van der Waals surface area contributed by atoms with E-state index in [9.17, 15) is 0 Å². The zero-order chi connectivity index (χ0) is 10.2. The van der Waals surface area contributed by atoms with Crippen molar-refractivity contribution in [1.29, 1.82) is 0 Å². The Morgan fingerprint density at radius 3 is 3.00 bits per heavy atom. The first-order valence-electron chi connectivity index (χ1n) is 5.44. The molecule has 0 saturated carbocycles. The molecular formula is C10H18N4. The van der Waals surface area contributed by atoms with Gasteiger partial charge in [-0.3, -0.25) is 4.90 Å². The smallest absolute Gasteiger partial charge is 0.0406 e. The van der Waals surface area contributed by atoms with Crippen molar-refractivity contribution in [1.82, 2.24) is 4.90 Å². The molecule has 14 heavy (non-hydrogen) atoms. The number of azide groups is 1. The molecule has 0 aliphatic carbocycles. The van der Waals surface area contributed by atoms with E-state index in [1.165, 1.54) is 19.4 Å². The maximum atomic E-state index is 8.47. The first-order valence-corrected chi connectivity index (χ1v) is 5.44. The Labute approximate surface area is 84.9 Å². The van der Waals surface area contributed by atoms with Crippen LogP contribution in [0.2, 0.25) is 0 Å². The Balaban J connectivity index is 2.15. The van der Waals surface area contributed by atoms with Gasteiger partial charge in [0, 0.05) is 22.5 Å². The van der Waals surface area contributed by atoms with Gasteiger partial charge in [-0.15, -0.1) is 0 Å². The van der Waals surface area contributed by atoms with Crippen molar-refractivity contribution in [3.8, 4) is 0 Å². The van der Waals surface area contributed by atoms with E-state index in [4.69, 9.17) is 5.53 Å². The number of fused-ring (bicyclic) bond motifs is 1. The second kappa shape index (κ2) is 3.44. The Morgan fingerprint density at radius 1 is 1.50 bits per heavy atom. The quantitative estimate of drug-likeness (QED) is 0.359. The van der Waals surface area contributed by atoms with E-state index in [1.807, 2.05) is 0 Å². The molecule has 2 saturated heterocycles. The molecule has 2 aliphatic rings. The first kappa shape index (κ1) is 9.81. The molecule has 0 amide bonds. The summed E-state index contributed by atoms with van der Waals surface area (Å²) in [5, 5.41) is 3.89. The maximum Gasteiger partial charge on any atom is 0.0406 e. The van der Waals surface area contributed by atoms with E-state index in [1.54, 1.807) is 0 Å². The average molecular weight is 194 g/mol. The monoisotopic (exact) mass is 194 g/mol. The molecule has 78 valence electrons. The molecule has 0 N–H and O–H groups in total. The summed E-state index contributed by atoms with van der Waals surface area (Å²) in [6.45, 7) is 5.76. The standard InChI is InChI=1S/C10H18N4/c1-10(2)7-8(12-13-11)6-9-4-3-5-14(9)10/h8-9H,3-7H2,1-2H3. The van der Waals surface area contributed by atoms with Gasteiger partial charge in [-0.1, -0.05) is 5.11 Å². The van der Waals surface area contributed by atoms with Crippen molar-refractivity contribution in [2.75, 3.05) is 6.54 Å². The molecule has 2 aliphatic heterocycles. The lowest BCUT2D eigenvalue weighted by molar-refractivity contribution is 0.0463. The fourth-order valence-electron chi connectivity index (χ4n) is 3.13.